The Hall–Kier alpha value is -2.68. The standard InChI is InChI=1S/C27H38N4O4S/c1-19(21-10-6-5-7-11-21)18-35-23-13-8-14-24(29-23)36(33,34)30-26(32)22-12-9-16-28-25(22)31-17-15-20(2)27(31,3)4/h8-9,12-14,16,19-21H,5-7,10-11,15,17-18H2,1-4H3,(H,30,32). The van der Waals surface area contributed by atoms with Crippen LogP contribution in [0.3, 0.4) is 0 Å². The van der Waals surface area contributed by atoms with Gasteiger partial charge in [0.05, 0.1) is 12.2 Å². The van der Waals surface area contributed by atoms with Crippen LogP contribution in [-0.4, -0.2) is 43.0 Å². The Balaban J connectivity index is 1.47. The Morgan fingerprint density at radius 1 is 1.17 bits per heavy atom. The van der Waals surface area contributed by atoms with Gasteiger partial charge in [0, 0.05) is 24.3 Å². The number of rotatable bonds is 8. The maximum atomic E-state index is 13.2. The number of carbonyl (C=O) groups excluding carboxylic acids is 1. The first-order valence-corrected chi connectivity index (χ1v) is 14.5. The number of nitrogens with zero attached hydrogens (tertiary/aromatic N) is 3. The molecule has 3 heterocycles. The van der Waals surface area contributed by atoms with Gasteiger partial charge in [0.1, 0.15) is 5.82 Å². The molecular formula is C27H38N4O4S. The maximum Gasteiger partial charge on any atom is 0.281 e. The fourth-order valence-corrected chi connectivity index (χ4v) is 6.24. The Morgan fingerprint density at radius 3 is 2.61 bits per heavy atom. The average Bonchev–Trinajstić information content (AvgIpc) is 3.14. The molecule has 1 N–H and O–H groups in total. The third-order valence-corrected chi connectivity index (χ3v) is 9.36. The highest BCUT2D eigenvalue weighted by atomic mass is 32.2. The van der Waals surface area contributed by atoms with Crippen molar-refractivity contribution in [2.24, 2.45) is 17.8 Å². The summed E-state index contributed by atoms with van der Waals surface area (Å²) in [4.78, 5) is 23.9. The molecule has 0 radical (unpaired) electrons. The van der Waals surface area contributed by atoms with Crippen molar-refractivity contribution >= 4 is 21.7 Å². The van der Waals surface area contributed by atoms with E-state index in [0.29, 0.717) is 30.2 Å². The summed E-state index contributed by atoms with van der Waals surface area (Å²) in [5.74, 6) is 1.40. The van der Waals surface area contributed by atoms with Crippen molar-refractivity contribution in [2.75, 3.05) is 18.1 Å². The summed E-state index contributed by atoms with van der Waals surface area (Å²) in [5.41, 5.74) is 0.0153. The third-order valence-electron chi connectivity index (χ3n) is 8.12. The lowest BCUT2D eigenvalue weighted by Crippen LogP contribution is -2.43. The summed E-state index contributed by atoms with van der Waals surface area (Å²) in [5, 5.41) is -0.251. The van der Waals surface area contributed by atoms with E-state index in [1.54, 1.807) is 30.5 Å². The van der Waals surface area contributed by atoms with Crippen LogP contribution in [0.5, 0.6) is 5.88 Å². The molecule has 2 aliphatic rings. The van der Waals surface area contributed by atoms with Gasteiger partial charge in [-0.3, -0.25) is 4.79 Å². The van der Waals surface area contributed by atoms with Crippen LogP contribution in [0.2, 0.25) is 0 Å². The molecule has 36 heavy (non-hydrogen) atoms. The lowest BCUT2D eigenvalue weighted by molar-refractivity contribution is 0.0981. The quantitative estimate of drug-likeness (QED) is 0.539. The number of sulfonamides is 1. The zero-order valence-electron chi connectivity index (χ0n) is 21.7. The van der Waals surface area contributed by atoms with Crippen LogP contribution in [0.1, 0.15) is 76.6 Å². The Bertz CT molecular complexity index is 1180. The first-order chi connectivity index (χ1) is 17.1. The Labute approximate surface area is 214 Å². The molecule has 9 heteroatoms. The molecule has 1 saturated heterocycles. The van der Waals surface area contributed by atoms with Crippen molar-refractivity contribution in [1.29, 1.82) is 0 Å². The number of aromatic nitrogens is 2. The highest BCUT2D eigenvalue weighted by Crippen LogP contribution is 2.38. The van der Waals surface area contributed by atoms with Gasteiger partial charge in [-0.2, -0.15) is 13.4 Å². The van der Waals surface area contributed by atoms with Crippen LogP contribution in [0.15, 0.2) is 41.6 Å². The van der Waals surface area contributed by atoms with Crippen molar-refractivity contribution < 1.29 is 17.9 Å². The Morgan fingerprint density at radius 2 is 1.92 bits per heavy atom. The number of anilines is 1. The van der Waals surface area contributed by atoms with Gasteiger partial charge in [0.2, 0.25) is 5.88 Å². The molecule has 1 aliphatic heterocycles. The number of amides is 1. The van der Waals surface area contributed by atoms with Gasteiger partial charge >= 0.3 is 0 Å². The fraction of sp³-hybridized carbons (Fsp3) is 0.593. The Kier molecular flexibility index (Phi) is 7.87. The second-order valence-corrected chi connectivity index (χ2v) is 12.4. The molecule has 0 bridgehead atoms. The number of hydrogen-bond donors (Lipinski definition) is 1. The fourth-order valence-electron chi connectivity index (χ4n) is 5.31. The molecular weight excluding hydrogens is 476 g/mol. The van der Waals surface area contributed by atoms with E-state index in [1.807, 2.05) is 0 Å². The van der Waals surface area contributed by atoms with Crippen LogP contribution in [-0.2, 0) is 10.0 Å². The summed E-state index contributed by atoms with van der Waals surface area (Å²) in [6.45, 7) is 9.80. The van der Waals surface area contributed by atoms with Gasteiger partial charge in [-0.15, -0.1) is 0 Å². The number of pyridine rings is 2. The number of hydrogen-bond acceptors (Lipinski definition) is 7. The summed E-state index contributed by atoms with van der Waals surface area (Å²) >= 11 is 0. The van der Waals surface area contributed by atoms with Crippen LogP contribution in [0.4, 0.5) is 5.82 Å². The molecule has 1 aliphatic carbocycles. The van der Waals surface area contributed by atoms with Crippen molar-refractivity contribution in [3.8, 4) is 5.88 Å². The first-order valence-electron chi connectivity index (χ1n) is 13.0. The van der Waals surface area contributed by atoms with E-state index in [2.05, 4.69) is 47.3 Å². The number of carbonyl (C=O) groups is 1. The molecule has 0 spiro atoms. The van der Waals surface area contributed by atoms with Crippen molar-refractivity contribution in [3.63, 3.8) is 0 Å². The molecule has 2 aromatic rings. The topological polar surface area (TPSA) is 101 Å². The lowest BCUT2D eigenvalue weighted by atomic mass is 9.81. The van der Waals surface area contributed by atoms with Gasteiger partial charge in [0.15, 0.2) is 5.03 Å². The predicted octanol–water partition coefficient (Wildman–Crippen LogP) is 4.82. The maximum absolute atomic E-state index is 13.2. The van der Waals surface area contributed by atoms with E-state index >= 15 is 0 Å². The van der Waals surface area contributed by atoms with E-state index in [1.165, 1.54) is 38.2 Å². The second-order valence-electron chi connectivity index (χ2n) is 10.8. The molecule has 0 aromatic carbocycles. The molecule has 2 unspecified atom stereocenters. The highest BCUT2D eigenvalue weighted by Gasteiger charge is 2.40. The predicted molar refractivity (Wildman–Crippen MR) is 140 cm³/mol. The van der Waals surface area contributed by atoms with E-state index in [4.69, 9.17) is 4.74 Å². The molecule has 8 nitrogen and oxygen atoms in total. The molecule has 1 amide bonds. The molecule has 2 fully saturated rings. The SMILES string of the molecule is CC(COc1cccc(S(=O)(=O)NC(=O)c2cccnc2N2CCC(C)C2(C)C)n1)C1CCCCC1. The molecule has 2 atom stereocenters. The van der Waals surface area contributed by atoms with E-state index in [9.17, 15) is 13.2 Å². The minimum Gasteiger partial charge on any atom is -0.477 e. The van der Waals surface area contributed by atoms with Crippen LogP contribution >= 0.6 is 0 Å². The zero-order valence-corrected chi connectivity index (χ0v) is 22.6. The summed E-state index contributed by atoms with van der Waals surface area (Å²) in [7, 11) is -4.21. The van der Waals surface area contributed by atoms with Crippen LogP contribution < -0.4 is 14.4 Å². The average molecular weight is 515 g/mol. The largest absolute Gasteiger partial charge is 0.477 e. The summed E-state index contributed by atoms with van der Waals surface area (Å²) in [6.07, 6.45) is 8.83. The molecule has 196 valence electrons. The minimum absolute atomic E-state index is 0.204. The van der Waals surface area contributed by atoms with E-state index in [0.717, 1.165) is 13.0 Å². The van der Waals surface area contributed by atoms with Gasteiger partial charge < -0.3 is 9.64 Å². The van der Waals surface area contributed by atoms with Crippen LogP contribution in [0.25, 0.3) is 0 Å². The van der Waals surface area contributed by atoms with Crippen LogP contribution in [0, 0.1) is 17.8 Å². The van der Waals surface area contributed by atoms with Gasteiger partial charge in [-0.25, -0.2) is 9.71 Å². The van der Waals surface area contributed by atoms with Gasteiger partial charge in [-0.05, 0) is 56.2 Å². The van der Waals surface area contributed by atoms with Gasteiger partial charge in [-0.1, -0.05) is 52.0 Å². The third kappa shape index (κ3) is 5.66. The van der Waals surface area contributed by atoms with Crippen molar-refractivity contribution in [3.05, 3.63) is 42.1 Å². The highest BCUT2D eigenvalue weighted by molar-refractivity contribution is 7.90. The van der Waals surface area contributed by atoms with E-state index in [-0.39, 0.29) is 22.0 Å². The summed E-state index contributed by atoms with van der Waals surface area (Å²) < 4.78 is 34.2. The number of ether oxygens (including phenoxy) is 1. The monoisotopic (exact) mass is 514 g/mol. The molecule has 1 saturated carbocycles. The number of nitrogens with one attached hydrogen (secondary N) is 1. The normalized spacial score (nSPS) is 21.2. The minimum atomic E-state index is -4.21. The lowest BCUT2D eigenvalue weighted by Gasteiger charge is -2.36. The first kappa shape index (κ1) is 26.4. The summed E-state index contributed by atoms with van der Waals surface area (Å²) in [6, 6.07) is 7.83. The molecule has 4 rings (SSSR count). The zero-order chi connectivity index (χ0) is 25.9. The van der Waals surface area contributed by atoms with Crippen molar-refractivity contribution in [2.45, 2.75) is 76.8 Å². The smallest absolute Gasteiger partial charge is 0.281 e. The van der Waals surface area contributed by atoms with Crippen molar-refractivity contribution in [1.82, 2.24) is 14.7 Å². The second kappa shape index (κ2) is 10.7. The van der Waals surface area contributed by atoms with Gasteiger partial charge in [0.25, 0.3) is 15.9 Å². The van der Waals surface area contributed by atoms with E-state index < -0.39 is 15.9 Å². The molecule has 2 aromatic heterocycles.